The van der Waals surface area contributed by atoms with Crippen LogP contribution >= 0.6 is 0 Å². The van der Waals surface area contributed by atoms with Gasteiger partial charge in [0.05, 0.1) is 24.8 Å². The van der Waals surface area contributed by atoms with E-state index < -0.39 is 17.7 Å². The summed E-state index contributed by atoms with van der Waals surface area (Å²) in [4.78, 5) is 28.6. The molecule has 3 aromatic carbocycles. The van der Waals surface area contributed by atoms with Crippen molar-refractivity contribution in [3.05, 3.63) is 94.6 Å². The van der Waals surface area contributed by atoms with Crippen LogP contribution in [0, 0.1) is 0 Å². The fourth-order valence-corrected chi connectivity index (χ4v) is 5.37. The number of amides is 1. The normalized spacial score (nSPS) is 19.4. The maximum Gasteiger partial charge on any atom is 0.295 e. The molecule has 1 N–H and O–H groups in total. The minimum atomic E-state index is -0.786. The Bertz CT molecular complexity index is 1430. The molecule has 0 spiro atoms. The van der Waals surface area contributed by atoms with E-state index in [0.29, 0.717) is 55.2 Å². The highest BCUT2D eigenvalue weighted by Gasteiger charge is 2.46. The van der Waals surface area contributed by atoms with Crippen LogP contribution in [0.25, 0.3) is 5.76 Å². The fraction of sp³-hybridized carbons (Fsp3) is 0.333. The van der Waals surface area contributed by atoms with Gasteiger partial charge in [-0.15, -0.1) is 0 Å². The van der Waals surface area contributed by atoms with Crippen molar-refractivity contribution in [3.63, 3.8) is 0 Å². The molecule has 1 saturated heterocycles. The molecule has 208 valence electrons. The minimum Gasteiger partial charge on any atom is -0.507 e. The molecule has 40 heavy (non-hydrogen) atoms. The van der Waals surface area contributed by atoms with Crippen LogP contribution in [0.4, 0.5) is 0 Å². The third-order valence-electron chi connectivity index (χ3n) is 7.24. The first kappa shape index (κ1) is 27.3. The number of likely N-dealkylation sites (tertiary alicyclic amines) is 1. The summed E-state index contributed by atoms with van der Waals surface area (Å²) in [7, 11) is 0. The Balaban J connectivity index is 1.59. The monoisotopic (exact) mass is 541 g/mol. The van der Waals surface area contributed by atoms with Crippen LogP contribution < -0.4 is 14.2 Å². The Labute approximate surface area is 235 Å². The molecule has 2 heterocycles. The van der Waals surface area contributed by atoms with E-state index in [2.05, 4.69) is 0 Å². The van der Waals surface area contributed by atoms with Gasteiger partial charge in [0.2, 0.25) is 0 Å². The second-order valence-corrected chi connectivity index (χ2v) is 10.2. The highest BCUT2D eigenvalue weighted by atomic mass is 16.5. The number of ether oxygens (including phenoxy) is 3. The fourth-order valence-electron chi connectivity index (χ4n) is 5.37. The Hall–Kier alpha value is -4.26. The number of Topliss-reactive ketones (excluding diaryl/α,β-unsaturated/α-hetero) is 1. The number of ketones is 1. The summed E-state index contributed by atoms with van der Waals surface area (Å²) >= 11 is 0. The highest BCUT2D eigenvalue weighted by molar-refractivity contribution is 6.46. The molecule has 0 aliphatic carbocycles. The molecule has 2 atom stereocenters. The van der Waals surface area contributed by atoms with Crippen molar-refractivity contribution in [3.8, 4) is 17.2 Å². The van der Waals surface area contributed by atoms with Gasteiger partial charge in [-0.05, 0) is 73.7 Å². The summed E-state index contributed by atoms with van der Waals surface area (Å²) in [6.07, 6.45) is 2.16. The quantitative estimate of drug-likeness (QED) is 0.197. The topological polar surface area (TPSA) is 85.3 Å². The van der Waals surface area contributed by atoms with Crippen LogP contribution in [0.15, 0.2) is 72.3 Å². The molecule has 1 fully saturated rings. The van der Waals surface area contributed by atoms with Gasteiger partial charge in [0.25, 0.3) is 11.7 Å². The molecule has 0 saturated carbocycles. The first-order chi connectivity index (χ1) is 19.4. The summed E-state index contributed by atoms with van der Waals surface area (Å²) in [5.74, 6) is 0.368. The van der Waals surface area contributed by atoms with Crippen molar-refractivity contribution in [2.45, 2.75) is 52.2 Å². The number of benzene rings is 3. The standard InChI is InChI=1S/C33H35NO6/c1-4-17-39-27-14-11-23(20-28(27)38-5-2)30-29(31(35)24-12-13-26-25(19-24)18-21(3)40-26)32(36)33(37)34(30)16-15-22-9-7-6-8-10-22/h6-14,19-21,30,35H,4-5,15-18H2,1-3H3/b31-29+/t21-,30-/m1/s1. The Morgan fingerprint density at radius 2 is 1.80 bits per heavy atom. The van der Waals surface area contributed by atoms with Gasteiger partial charge in [0.15, 0.2) is 11.5 Å². The predicted molar refractivity (Wildman–Crippen MR) is 153 cm³/mol. The van der Waals surface area contributed by atoms with Crippen LogP contribution in [-0.2, 0) is 22.4 Å². The maximum atomic E-state index is 13.5. The molecular weight excluding hydrogens is 506 g/mol. The van der Waals surface area contributed by atoms with E-state index in [1.807, 2.05) is 69.3 Å². The first-order valence-electron chi connectivity index (χ1n) is 13.9. The van der Waals surface area contributed by atoms with E-state index in [1.54, 1.807) is 23.1 Å². The van der Waals surface area contributed by atoms with Crippen LogP contribution in [0.3, 0.4) is 0 Å². The lowest BCUT2D eigenvalue weighted by Gasteiger charge is -2.26. The average Bonchev–Trinajstić information content (AvgIpc) is 3.46. The molecular formula is C33H35NO6. The molecule has 2 aliphatic rings. The third kappa shape index (κ3) is 5.41. The molecule has 7 nitrogen and oxygen atoms in total. The SMILES string of the molecule is CCCOc1ccc([C@@H]2/C(=C(\O)c3ccc4c(c3)C[C@@H](C)O4)C(=O)C(=O)N2CCc2ccccc2)cc1OCC. The maximum absolute atomic E-state index is 13.5. The average molecular weight is 542 g/mol. The molecule has 7 heteroatoms. The van der Waals surface area contributed by atoms with Gasteiger partial charge >= 0.3 is 0 Å². The van der Waals surface area contributed by atoms with Crippen molar-refractivity contribution in [1.82, 2.24) is 4.90 Å². The molecule has 1 amide bonds. The number of carbonyl (C=O) groups is 2. The molecule has 0 radical (unpaired) electrons. The number of rotatable bonds is 10. The van der Waals surface area contributed by atoms with Crippen molar-refractivity contribution >= 4 is 17.4 Å². The highest BCUT2D eigenvalue weighted by Crippen LogP contribution is 2.43. The van der Waals surface area contributed by atoms with Crippen LogP contribution in [0.1, 0.15) is 55.5 Å². The van der Waals surface area contributed by atoms with Gasteiger partial charge in [-0.1, -0.05) is 43.3 Å². The lowest BCUT2D eigenvalue weighted by atomic mass is 9.94. The summed E-state index contributed by atoms with van der Waals surface area (Å²) in [5.41, 5.74) is 3.22. The number of hydrogen-bond acceptors (Lipinski definition) is 6. The second-order valence-electron chi connectivity index (χ2n) is 10.2. The number of fused-ring (bicyclic) bond motifs is 1. The summed E-state index contributed by atoms with van der Waals surface area (Å²) in [6, 6.07) is 19.9. The minimum absolute atomic E-state index is 0.0430. The number of nitrogens with zero attached hydrogens (tertiary/aromatic N) is 1. The van der Waals surface area contributed by atoms with Gasteiger partial charge in [-0.2, -0.15) is 0 Å². The van der Waals surface area contributed by atoms with E-state index in [1.165, 1.54) is 0 Å². The molecule has 2 aliphatic heterocycles. The lowest BCUT2D eigenvalue weighted by molar-refractivity contribution is -0.139. The van der Waals surface area contributed by atoms with Gasteiger partial charge in [0, 0.05) is 18.5 Å². The summed E-state index contributed by atoms with van der Waals surface area (Å²) in [5, 5.41) is 11.6. The van der Waals surface area contributed by atoms with Crippen molar-refractivity contribution in [2.75, 3.05) is 19.8 Å². The van der Waals surface area contributed by atoms with E-state index in [0.717, 1.165) is 23.3 Å². The van der Waals surface area contributed by atoms with Gasteiger partial charge in [0.1, 0.15) is 17.6 Å². The number of hydrogen-bond donors (Lipinski definition) is 1. The van der Waals surface area contributed by atoms with Crippen LogP contribution in [-0.4, -0.2) is 47.6 Å². The van der Waals surface area contributed by atoms with E-state index in [-0.39, 0.29) is 17.4 Å². The third-order valence-corrected chi connectivity index (χ3v) is 7.24. The van der Waals surface area contributed by atoms with Crippen LogP contribution in [0.2, 0.25) is 0 Å². The van der Waals surface area contributed by atoms with Gasteiger partial charge < -0.3 is 24.2 Å². The number of aliphatic hydroxyl groups excluding tert-OH is 1. The Morgan fingerprint density at radius 1 is 1.00 bits per heavy atom. The smallest absolute Gasteiger partial charge is 0.295 e. The molecule has 3 aromatic rings. The largest absolute Gasteiger partial charge is 0.507 e. The Morgan fingerprint density at radius 3 is 2.55 bits per heavy atom. The zero-order valence-corrected chi connectivity index (χ0v) is 23.2. The zero-order chi connectivity index (χ0) is 28.2. The summed E-state index contributed by atoms with van der Waals surface area (Å²) in [6.45, 7) is 7.18. The molecule has 0 bridgehead atoms. The lowest BCUT2D eigenvalue weighted by Crippen LogP contribution is -2.31. The molecule has 0 aromatic heterocycles. The van der Waals surface area contributed by atoms with E-state index >= 15 is 0 Å². The van der Waals surface area contributed by atoms with Crippen molar-refractivity contribution in [1.29, 1.82) is 0 Å². The van der Waals surface area contributed by atoms with Crippen LogP contribution in [0.5, 0.6) is 17.2 Å². The van der Waals surface area contributed by atoms with Gasteiger partial charge in [-0.3, -0.25) is 9.59 Å². The zero-order valence-electron chi connectivity index (χ0n) is 23.2. The number of aliphatic hydroxyl groups is 1. The van der Waals surface area contributed by atoms with Gasteiger partial charge in [-0.25, -0.2) is 0 Å². The molecule has 5 rings (SSSR count). The van der Waals surface area contributed by atoms with Crippen molar-refractivity contribution in [2.24, 2.45) is 0 Å². The summed E-state index contributed by atoms with van der Waals surface area (Å²) < 4.78 is 17.6. The first-order valence-corrected chi connectivity index (χ1v) is 13.9. The molecule has 0 unspecified atom stereocenters. The second kappa shape index (κ2) is 11.9. The van der Waals surface area contributed by atoms with E-state index in [9.17, 15) is 14.7 Å². The number of carbonyl (C=O) groups excluding carboxylic acids is 2. The van der Waals surface area contributed by atoms with E-state index in [4.69, 9.17) is 14.2 Å². The van der Waals surface area contributed by atoms with Crippen molar-refractivity contribution < 1.29 is 28.9 Å². The Kier molecular flexibility index (Phi) is 8.10. The predicted octanol–water partition coefficient (Wildman–Crippen LogP) is 5.86.